The summed E-state index contributed by atoms with van der Waals surface area (Å²) in [5.41, 5.74) is 1.32. The first-order valence-electron chi connectivity index (χ1n) is 8.25. The number of nitrogens with zero attached hydrogens (tertiary/aromatic N) is 1. The van der Waals surface area contributed by atoms with E-state index in [1.165, 1.54) is 31.6 Å². The van der Waals surface area contributed by atoms with E-state index < -0.39 is 9.84 Å². The van der Waals surface area contributed by atoms with Crippen molar-refractivity contribution in [2.45, 2.75) is 10.6 Å². The van der Waals surface area contributed by atoms with Crippen molar-refractivity contribution in [3.05, 3.63) is 82.6 Å². The second-order valence-electron chi connectivity index (χ2n) is 5.96. The van der Waals surface area contributed by atoms with Crippen molar-refractivity contribution in [1.82, 2.24) is 4.98 Å². The lowest BCUT2D eigenvalue weighted by Crippen LogP contribution is -2.13. The molecule has 2 aromatic carbocycles. The largest absolute Gasteiger partial charge is 0.495 e. The summed E-state index contributed by atoms with van der Waals surface area (Å²) in [6.45, 7) is 0. The molecule has 0 aliphatic carbocycles. The highest BCUT2D eigenvalue weighted by Gasteiger charge is 2.21. The minimum absolute atomic E-state index is 0.0727. The van der Waals surface area contributed by atoms with Crippen LogP contribution in [0.1, 0.15) is 15.9 Å². The summed E-state index contributed by atoms with van der Waals surface area (Å²) in [5, 5.41) is 2.75. The summed E-state index contributed by atoms with van der Waals surface area (Å²) in [5.74, 6) is -0.411. The number of ether oxygens (including phenoxy) is 1. The summed E-state index contributed by atoms with van der Waals surface area (Å²) in [6.07, 6.45) is 2.83. The zero-order chi connectivity index (χ0) is 20.1. The number of rotatable bonds is 6. The van der Waals surface area contributed by atoms with Gasteiger partial charge in [-0.25, -0.2) is 8.42 Å². The van der Waals surface area contributed by atoms with Crippen LogP contribution in [-0.4, -0.2) is 26.4 Å². The van der Waals surface area contributed by atoms with Crippen molar-refractivity contribution in [1.29, 1.82) is 0 Å². The predicted octanol–water partition coefficient (Wildman–Crippen LogP) is 4.08. The molecule has 144 valence electrons. The Morgan fingerprint density at radius 1 is 1.11 bits per heavy atom. The standard InChI is InChI=1S/C20H17BrN2O4S/c1-27-18-8-7-16(21)10-19(18)28(25,26)13-14-9-15(12-22-11-14)20(24)23-17-5-3-2-4-6-17/h2-12H,13H2,1H3,(H,23,24). The Morgan fingerprint density at radius 2 is 1.86 bits per heavy atom. The average Bonchev–Trinajstić information content (AvgIpc) is 2.68. The maximum atomic E-state index is 12.9. The number of anilines is 1. The lowest BCUT2D eigenvalue weighted by atomic mass is 10.2. The van der Waals surface area contributed by atoms with Crippen LogP contribution in [0.4, 0.5) is 5.69 Å². The van der Waals surface area contributed by atoms with E-state index in [-0.39, 0.29) is 27.9 Å². The van der Waals surface area contributed by atoms with Crippen LogP contribution in [-0.2, 0) is 15.6 Å². The first-order valence-corrected chi connectivity index (χ1v) is 10.7. The van der Waals surface area contributed by atoms with Gasteiger partial charge in [0.15, 0.2) is 9.84 Å². The topological polar surface area (TPSA) is 85.4 Å². The Kier molecular flexibility index (Phi) is 6.11. The van der Waals surface area contributed by atoms with Crippen LogP contribution in [0.5, 0.6) is 5.75 Å². The molecule has 0 bridgehead atoms. The SMILES string of the molecule is COc1ccc(Br)cc1S(=O)(=O)Cc1cncc(C(=O)Nc2ccccc2)c1. The Bertz CT molecular complexity index is 1100. The average molecular weight is 461 g/mol. The third-order valence-corrected chi connectivity index (χ3v) is 6.10. The van der Waals surface area contributed by atoms with E-state index in [1.54, 1.807) is 24.3 Å². The van der Waals surface area contributed by atoms with E-state index in [0.717, 1.165) is 0 Å². The van der Waals surface area contributed by atoms with Gasteiger partial charge in [0, 0.05) is 22.6 Å². The van der Waals surface area contributed by atoms with Gasteiger partial charge in [-0.15, -0.1) is 0 Å². The molecule has 0 fully saturated rings. The van der Waals surface area contributed by atoms with Crippen molar-refractivity contribution in [2.24, 2.45) is 0 Å². The number of pyridine rings is 1. The highest BCUT2D eigenvalue weighted by molar-refractivity contribution is 9.10. The first-order chi connectivity index (χ1) is 13.4. The number of hydrogen-bond donors (Lipinski definition) is 1. The molecule has 0 aliphatic rings. The van der Waals surface area contributed by atoms with Crippen molar-refractivity contribution < 1.29 is 17.9 Å². The molecular weight excluding hydrogens is 444 g/mol. The summed E-state index contributed by atoms with van der Waals surface area (Å²) >= 11 is 3.28. The van der Waals surface area contributed by atoms with Gasteiger partial charge in [-0.2, -0.15) is 0 Å². The first kappa shape index (κ1) is 20.0. The summed E-state index contributed by atoms with van der Waals surface area (Å²) in [6, 6.07) is 15.3. The molecule has 1 N–H and O–H groups in total. The highest BCUT2D eigenvalue weighted by Crippen LogP contribution is 2.29. The Balaban J connectivity index is 1.84. The summed E-state index contributed by atoms with van der Waals surface area (Å²) < 4.78 is 31.6. The smallest absolute Gasteiger partial charge is 0.257 e. The predicted molar refractivity (Wildman–Crippen MR) is 110 cm³/mol. The number of halogens is 1. The number of benzene rings is 2. The molecule has 6 nitrogen and oxygen atoms in total. The molecule has 3 aromatic rings. The monoisotopic (exact) mass is 460 g/mol. The molecule has 0 atom stereocenters. The molecule has 1 aromatic heterocycles. The molecule has 0 saturated heterocycles. The summed E-state index contributed by atoms with van der Waals surface area (Å²) in [7, 11) is -2.29. The highest BCUT2D eigenvalue weighted by atomic mass is 79.9. The van der Waals surface area contributed by atoms with Gasteiger partial charge in [-0.1, -0.05) is 34.1 Å². The van der Waals surface area contributed by atoms with Gasteiger partial charge in [0.25, 0.3) is 5.91 Å². The second kappa shape index (κ2) is 8.53. The fourth-order valence-corrected chi connectivity index (χ4v) is 4.64. The van der Waals surface area contributed by atoms with Gasteiger partial charge in [0.1, 0.15) is 10.6 Å². The molecule has 1 heterocycles. The van der Waals surface area contributed by atoms with Crippen molar-refractivity contribution >= 4 is 37.4 Å². The molecule has 0 unspecified atom stereocenters. The van der Waals surface area contributed by atoms with Crippen molar-refractivity contribution in [3.63, 3.8) is 0 Å². The maximum absolute atomic E-state index is 12.9. The normalized spacial score (nSPS) is 11.1. The van der Waals surface area contributed by atoms with Crippen molar-refractivity contribution in [2.75, 3.05) is 12.4 Å². The minimum atomic E-state index is -3.71. The van der Waals surface area contributed by atoms with Gasteiger partial charge in [-0.05, 0) is 42.0 Å². The van der Waals surface area contributed by atoms with Crippen molar-refractivity contribution in [3.8, 4) is 5.75 Å². The number of amides is 1. The molecule has 3 rings (SSSR count). The Morgan fingerprint density at radius 3 is 2.57 bits per heavy atom. The molecule has 0 saturated carbocycles. The minimum Gasteiger partial charge on any atom is -0.495 e. The van der Waals surface area contributed by atoms with Crippen LogP contribution in [0.2, 0.25) is 0 Å². The molecule has 0 radical (unpaired) electrons. The lowest BCUT2D eigenvalue weighted by molar-refractivity contribution is 0.102. The molecule has 0 spiro atoms. The van der Waals surface area contributed by atoms with Gasteiger partial charge in [0.2, 0.25) is 0 Å². The van der Waals surface area contributed by atoms with Gasteiger partial charge >= 0.3 is 0 Å². The lowest BCUT2D eigenvalue weighted by Gasteiger charge is -2.11. The number of nitrogens with one attached hydrogen (secondary N) is 1. The van der Waals surface area contributed by atoms with Crippen LogP contribution in [0.25, 0.3) is 0 Å². The van der Waals surface area contributed by atoms with E-state index in [4.69, 9.17) is 4.74 Å². The van der Waals surface area contributed by atoms with Gasteiger partial charge in [0.05, 0.1) is 18.4 Å². The summed E-state index contributed by atoms with van der Waals surface area (Å²) in [4.78, 5) is 16.5. The molecule has 0 aliphatic heterocycles. The Hall–Kier alpha value is -2.71. The molecule has 8 heteroatoms. The van der Waals surface area contributed by atoms with Crippen LogP contribution in [0.3, 0.4) is 0 Å². The number of para-hydroxylation sites is 1. The number of carbonyl (C=O) groups excluding carboxylic acids is 1. The fourth-order valence-electron chi connectivity index (χ4n) is 2.61. The van der Waals surface area contributed by atoms with E-state index in [2.05, 4.69) is 26.2 Å². The van der Waals surface area contributed by atoms with E-state index in [0.29, 0.717) is 15.7 Å². The fraction of sp³-hybridized carbons (Fsp3) is 0.100. The van der Waals surface area contributed by atoms with E-state index in [9.17, 15) is 13.2 Å². The van der Waals surface area contributed by atoms with Gasteiger partial charge in [-0.3, -0.25) is 9.78 Å². The van der Waals surface area contributed by atoms with Crippen LogP contribution >= 0.6 is 15.9 Å². The zero-order valence-electron chi connectivity index (χ0n) is 14.9. The maximum Gasteiger partial charge on any atom is 0.257 e. The number of aromatic nitrogens is 1. The van der Waals surface area contributed by atoms with Crippen LogP contribution in [0, 0.1) is 0 Å². The molecule has 1 amide bonds. The second-order valence-corrected chi connectivity index (χ2v) is 8.83. The quantitative estimate of drug-likeness (QED) is 0.598. The third-order valence-electron chi connectivity index (χ3n) is 3.91. The van der Waals surface area contributed by atoms with Gasteiger partial charge < -0.3 is 10.1 Å². The third kappa shape index (κ3) is 4.76. The van der Waals surface area contributed by atoms with Crippen LogP contribution < -0.4 is 10.1 Å². The number of methoxy groups -OCH3 is 1. The molecule has 28 heavy (non-hydrogen) atoms. The number of hydrogen-bond acceptors (Lipinski definition) is 5. The zero-order valence-corrected chi connectivity index (χ0v) is 17.3. The number of sulfone groups is 1. The van der Waals surface area contributed by atoms with E-state index in [1.807, 2.05) is 18.2 Å². The molecular formula is C20H17BrN2O4S. The Labute approximate surface area is 171 Å². The van der Waals surface area contributed by atoms with E-state index >= 15 is 0 Å². The number of carbonyl (C=O) groups is 1. The van der Waals surface area contributed by atoms with Crippen LogP contribution in [0.15, 0.2) is 76.4 Å².